The third kappa shape index (κ3) is 3.37. The normalized spacial score (nSPS) is 19.6. The predicted octanol–water partition coefficient (Wildman–Crippen LogP) is 4.15. The molecule has 0 aliphatic carbocycles. The van der Waals surface area contributed by atoms with E-state index < -0.39 is 11.6 Å². The lowest BCUT2D eigenvalue weighted by Gasteiger charge is -2.22. The van der Waals surface area contributed by atoms with Crippen LogP contribution in [0.15, 0.2) is 42.5 Å². The Morgan fingerprint density at radius 3 is 2.31 bits per heavy atom. The van der Waals surface area contributed by atoms with Crippen LogP contribution in [0.4, 0.5) is 4.79 Å². The molecule has 7 heteroatoms. The molecule has 1 fully saturated rings. The lowest BCUT2D eigenvalue weighted by atomic mass is 9.91. The van der Waals surface area contributed by atoms with E-state index in [4.69, 9.17) is 27.9 Å². The summed E-state index contributed by atoms with van der Waals surface area (Å²) in [5.74, 6) is 0.0180. The van der Waals surface area contributed by atoms with Gasteiger partial charge >= 0.3 is 6.03 Å². The molecule has 0 saturated carbocycles. The van der Waals surface area contributed by atoms with Crippen molar-refractivity contribution in [1.82, 2.24) is 10.2 Å². The molecule has 1 heterocycles. The number of aryl methyl sites for hydroxylation is 1. The number of halogens is 2. The number of nitrogens with one attached hydrogen (secondary N) is 1. The average Bonchev–Trinajstić information content (AvgIpc) is 2.81. The van der Waals surface area contributed by atoms with Crippen LogP contribution in [0.2, 0.25) is 10.0 Å². The lowest BCUT2D eigenvalue weighted by molar-refractivity contribution is -0.131. The predicted molar refractivity (Wildman–Crippen MR) is 101 cm³/mol. The molecule has 0 bridgehead atoms. The highest BCUT2D eigenvalue weighted by molar-refractivity contribution is 6.37. The van der Waals surface area contributed by atoms with E-state index in [1.165, 1.54) is 0 Å². The number of imide groups is 1. The molecule has 1 unspecified atom stereocenters. The van der Waals surface area contributed by atoms with Gasteiger partial charge in [0.1, 0.15) is 12.1 Å². The molecule has 3 rings (SSSR count). The summed E-state index contributed by atoms with van der Waals surface area (Å²) in [5, 5.41) is 3.52. The largest absolute Gasteiger partial charge is 0.489 e. The molecule has 1 saturated heterocycles. The molecule has 1 aliphatic rings. The molecule has 3 amide bonds. The van der Waals surface area contributed by atoms with Gasteiger partial charge in [-0.15, -0.1) is 0 Å². The number of carbonyl (C=O) groups is 2. The molecule has 5 nitrogen and oxygen atoms in total. The maximum Gasteiger partial charge on any atom is 0.325 e. The Kier molecular flexibility index (Phi) is 5.12. The molecule has 2 aromatic carbocycles. The minimum absolute atomic E-state index is 0.0899. The van der Waals surface area contributed by atoms with Crippen LogP contribution in [0.3, 0.4) is 0 Å². The van der Waals surface area contributed by atoms with Crippen LogP contribution in [0.25, 0.3) is 0 Å². The first kappa shape index (κ1) is 18.5. The Hall–Kier alpha value is -2.24. The zero-order valence-corrected chi connectivity index (χ0v) is 15.9. The second-order valence-electron chi connectivity index (χ2n) is 6.28. The molecule has 1 atom stereocenters. The highest BCUT2D eigenvalue weighted by Gasteiger charge is 2.48. The fourth-order valence-electron chi connectivity index (χ4n) is 2.84. The molecular formula is C19H18Cl2N2O3. The van der Waals surface area contributed by atoms with Gasteiger partial charge in [-0.25, -0.2) is 4.79 Å². The van der Waals surface area contributed by atoms with Gasteiger partial charge in [-0.2, -0.15) is 0 Å². The van der Waals surface area contributed by atoms with Crippen LogP contribution >= 0.6 is 23.2 Å². The molecular weight excluding hydrogens is 375 g/mol. The zero-order valence-electron chi connectivity index (χ0n) is 14.4. The van der Waals surface area contributed by atoms with Crippen molar-refractivity contribution in [3.8, 4) is 5.75 Å². The summed E-state index contributed by atoms with van der Waals surface area (Å²) >= 11 is 12.1. The number of hydrogen-bond acceptors (Lipinski definition) is 3. The Morgan fingerprint density at radius 2 is 1.69 bits per heavy atom. The topological polar surface area (TPSA) is 58.6 Å². The Balaban J connectivity index is 1.70. The second-order valence-corrected chi connectivity index (χ2v) is 7.09. The van der Waals surface area contributed by atoms with Crippen LogP contribution in [0, 0.1) is 6.92 Å². The maximum atomic E-state index is 12.8. The first-order valence-electron chi connectivity index (χ1n) is 8.11. The number of para-hydroxylation sites is 1. The summed E-state index contributed by atoms with van der Waals surface area (Å²) in [7, 11) is 0. The summed E-state index contributed by atoms with van der Waals surface area (Å²) in [5.41, 5.74) is 0.724. The van der Waals surface area contributed by atoms with E-state index in [1.807, 2.05) is 31.2 Å². The van der Waals surface area contributed by atoms with Gasteiger partial charge in [-0.1, -0.05) is 59.1 Å². The third-order valence-corrected chi connectivity index (χ3v) is 4.98. The zero-order chi connectivity index (χ0) is 18.9. The van der Waals surface area contributed by atoms with Gasteiger partial charge in [0.25, 0.3) is 5.91 Å². The maximum absolute atomic E-state index is 12.8. The first-order chi connectivity index (χ1) is 12.3. The number of carbonyl (C=O) groups excluding carboxylic acids is 2. The van der Waals surface area contributed by atoms with Gasteiger partial charge in [-0.05, 0) is 31.5 Å². The van der Waals surface area contributed by atoms with Crippen LogP contribution < -0.4 is 10.1 Å². The summed E-state index contributed by atoms with van der Waals surface area (Å²) < 4.78 is 5.58. The molecule has 0 radical (unpaired) electrons. The van der Waals surface area contributed by atoms with E-state index >= 15 is 0 Å². The van der Waals surface area contributed by atoms with Crippen molar-refractivity contribution in [2.45, 2.75) is 19.4 Å². The van der Waals surface area contributed by atoms with Gasteiger partial charge in [-0.3, -0.25) is 9.69 Å². The molecule has 0 aromatic heterocycles. The lowest BCUT2D eigenvalue weighted by Crippen LogP contribution is -2.41. The summed E-state index contributed by atoms with van der Waals surface area (Å²) in [6.45, 7) is 3.84. The van der Waals surface area contributed by atoms with E-state index in [0.29, 0.717) is 15.8 Å². The highest BCUT2D eigenvalue weighted by Crippen LogP contribution is 2.33. The summed E-state index contributed by atoms with van der Waals surface area (Å²) in [4.78, 5) is 26.3. The number of rotatable bonds is 5. The average molecular weight is 393 g/mol. The van der Waals surface area contributed by atoms with E-state index in [0.717, 1.165) is 16.0 Å². The minimum Gasteiger partial charge on any atom is -0.489 e. The number of benzene rings is 2. The SMILES string of the molecule is Cc1ccc(C2(C)NC(=O)N(CCOc3c(Cl)cccc3Cl)C2=O)cc1. The van der Waals surface area contributed by atoms with Gasteiger partial charge in [0.2, 0.25) is 0 Å². The summed E-state index contributed by atoms with van der Waals surface area (Å²) in [6.07, 6.45) is 0. The molecule has 1 N–H and O–H groups in total. The fourth-order valence-corrected chi connectivity index (χ4v) is 3.35. The second kappa shape index (κ2) is 7.17. The van der Waals surface area contributed by atoms with E-state index in [1.54, 1.807) is 25.1 Å². The van der Waals surface area contributed by atoms with Crippen LogP contribution in [-0.2, 0) is 10.3 Å². The van der Waals surface area contributed by atoms with Gasteiger partial charge in [0.15, 0.2) is 5.75 Å². The van der Waals surface area contributed by atoms with Crippen molar-refractivity contribution >= 4 is 35.1 Å². The number of nitrogens with zero attached hydrogens (tertiary/aromatic N) is 1. The third-order valence-electron chi connectivity index (χ3n) is 4.38. The smallest absolute Gasteiger partial charge is 0.325 e. The quantitative estimate of drug-likeness (QED) is 0.777. The van der Waals surface area contributed by atoms with Crippen LogP contribution in [-0.4, -0.2) is 30.0 Å². The monoisotopic (exact) mass is 392 g/mol. The van der Waals surface area contributed by atoms with Gasteiger partial charge in [0.05, 0.1) is 16.6 Å². The van der Waals surface area contributed by atoms with Gasteiger partial charge < -0.3 is 10.1 Å². The molecule has 136 valence electrons. The van der Waals surface area contributed by atoms with Gasteiger partial charge in [0, 0.05) is 0 Å². The van der Waals surface area contributed by atoms with Crippen LogP contribution in [0.1, 0.15) is 18.1 Å². The Labute approximate surface area is 161 Å². The standard InChI is InChI=1S/C19H18Cl2N2O3/c1-12-6-8-13(9-7-12)19(2)17(24)23(18(25)22-19)10-11-26-16-14(20)4-3-5-15(16)21/h3-9H,10-11H2,1-2H3,(H,22,25). The molecule has 2 aromatic rings. The van der Waals surface area contributed by atoms with Crippen LogP contribution in [0.5, 0.6) is 5.75 Å². The number of hydrogen-bond donors (Lipinski definition) is 1. The number of ether oxygens (including phenoxy) is 1. The van der Waals surface area contributed by atoms with E-state index in [9.17, 15) is 9.59 Å². The van der Waals surface area contributed by atoms with Crippen molar-refractivity contribution < 1.29 is 14.3 Å². The van der Waals surface area contributed by atoms with Crippen molar-refractivity contribution in [2.24, 2.45) is 0 Å². The first-order valence-corrected chi connectivity index (χ1v) is 8.86. The number of amides is 3. The minimum atomic E-state index is -1.09. The Bertz CT molecular complexity index is 834. The highest BCUT2D eigenvalue weighted by atomic mass is 35.5. The van der Waals surface area contributed by atoms with Crippen molar-refractivity contribution in [1.29, 1.82) is 0 Å². The summed E-state index contributed by atoms with van der Waals surface area (Å²) in [6, 6.07) is 12.1. The molecule has 1 aliphatic heterocycles. The van der Waals surface area contributed by atoms with E-state index in [-0.39, 0.29) is 19.1 Å². The Morgan fingerprint density at radius 1 is 1.08 bits per heavy atom. The molecule has 26 heavy (non-hydrogen) atoms. The fraction of sp³-hybridized carbons (Fsp3) is 0.263. The van der Waals surface area contributed by atoms with Crippen molar-refractivity contribution in [2.75, 3.05) is 13.2 Å². The van der Waals surface area contributed by atoms with E-state index in [2.05, 4.69) is 5.32 Å². The van der Waals surface area contributed by atoms with Crippen molar-refractivity contribution in [3.05, 3.63) is 63.6 Å². The molecule has 0 spiro atoms. The number of urea groups is 1. The van der Waals surface area contributed by atoms with Crippen molar-refractivity contribution in [3.63, 3.8) is 0 Å².